The van der Waals surface area contributed by atoms with E-state index in [1.807, 2.05) is 13.0 Å². The molecule has 0 unspecified atom stereocenters. The van der Waals surface area contributed by atoms with E-state index in [2.05, 4.69) is 80.8 Å². The van der Waals surface area contributed by atoms with Crippen LogP contribution in [0.2, 0.25) is 0 Å². The first kappa shape index (κ1) is 19.9. The van der Waals surface area contributed by atoms with Crippen molar-refractivity contribution in [3.05, 3.63) is 82.7 Å². The predicted octanol–water partition coefficient (Wildman–Crippen LogP) is 5.41. The minimum Gasteiger partial charge on any atom is -0.366 e. The summed E-state index contributed by atoms with van der Waals surface area (Å²) in [5.41, 5.74) is 13.1. The van der Waals surface area contributed by atoms with Crippen LogP contribution in [0.4, 0.5) is 0 Å². The van der Waals surface area contributed by atoms with Gasteiger partial charge in [-0.2, -0.15) is 0 Å². The highest BCUT2D eigenvalue weighted by atomic mass is 16.1. The normalized spacial score (nSPS) is 11.6. The van der Waals surface area contributed by atoms with Crippen LogP contribution in [0.25, 0.3) is 11.1 Å². The van der Waals surface area contributed by atoms with Crippen molar-refractivity contribution in [2.75, 3.05) is 0 Å². The SMILES string of the molecule is Cc1c(C(N)=O)c(-c2ccc(C(C)(C)C)cc2)c(C)n1CCc1ccccc1. The van der Waals surface area contributed by atoms with Crippen molar-refractivity contribution in [2.24, 2.45) is 5.73 Å². The highest BCUT2D eigenvalue weighted by Gasteiger charge is 2.23. The van der Waals surface area contributed by atoms with Gasteiger partial charge in [0.25, 0.3) is 5.91 Å². The fourth-order valence-electron chi connectivity index (χ4n) is 3.90. The van der Waals surface area contributed by atoms with Crippen LogP contribution in [0, 0.1) is 13.8 Å². The van der Waals surface area contributed by atoms with Crippen molar-refractivity contribution in [3.63, 3.8) is 0 Å². The average Bonchev–Trinajstić information content (AvgIpc) is 2.90. The third kappa shape index (κ3) is 3.89. The number of primary amides is 1. The Morgan fingerprint density at radius 3 is 2.07 bits per heavy atom. The van der Waals surface area contributed by atoms with E-state index in [1.165, 1.54) is 11.1 Å². The molecule has 3 aromatic rings. The number of hydrogen-bond donors (Lipinski definition) is 1. The molecule has 2 aromatic carbocycles. The molecule has 146 valence electrons. The van der Waals surface area contributed by atoms with Gasteiger partial charge in [-0.1, -0.05) is 75.4 Å². The summed E-state index contributed by atoms with van der Waals surface area (Å²) in [4.78, 5) is 12.3. The Bertz CT molecular complexity index is 974. The van der Waals surface area contributed by atoms with E-state index in [9.17, 15) is 4.79 Å². The number of carbonyl (C=O) groups is 1. The van der Waals surface area contributed by atoms with Gasteiger partial charge in [0.05, 0.1) is 5.56 Å². The van der Waals surface area contributed by atoms with Crippen LogP contribution < -0.4 is 5.73 Å². The molecule has 0 saturated carbocycles. The van der Waals surface area contributed by atoms with E-state index in [0.717, 1.165) is 35.5 Å². The summed E-state index contributed by atoms with van der Waals surface area (Å²) in [6.07, 6.45) is 0.914. The van der Waals surface area contributed by atoms with Gasteiger partial charge < -0.3 is 10.3 Å². The Morgan fingerprint density at radius 1 is 0.929 bits per heavy atom. The highest BCUT2D eigenvalue weighted by Crippen LogP contribution is 2.34. The lowest BCUT2D eigenvalue weighted by atomic mass is 9.86. The van der Waals surface area contributed by atoms with Crippen molar-refractivity contribution in [2.45, 2.75) is 53.0 Å². The van der Waals surface area contributed by atoms with E-state index < -0.39 is 0 Å². The Kier molecular flexibility index (Phi) is 5.46. The molecule has 3 rings (SSSR count). The molecule has 28 heavy (non-hydrogen) atoms. The summed E-state index contributed by atoms with van der Waals surface area (Å²) in [5.74, 6) is -0.367. The number of amides is 1. The maximum Gasteiger partial charge on any atom is 0.251 e. The first-order valence-corrected chi connectivity index (χ1v) is 9.84. The Labute approximate surface area is 168 Å². The number of aromatic nitrogens is 1. The lowest BCUT2D eigenvalue weighted by Gasteiger charge is -2.19. The van der Waals surface area contributed by atoms with Gasteiger partial charge in [0.15, 0.2) is 0 Å². The molecule has 0 saturated heterocycles. The molecule has 0 aliphatic carbocycles. The monoisotopic (exact) mass is 374 g/mol. The zero-order chi connectivity index (χ0) is 20.5. The van der Waals surface area contributed by atoms with Crippen molar-refractivity contribution < 1.29 is 4.79 Å². The fourth-order valence-corrected chi connectivity index (χ4v) is 3.90. The largest absolute Gasteiger partial charge is 0.366 e. The average molecular weight is 375 g/mol. The van der Waals surface area contributed by atoms with Gasteiger partial charge in [-0.15, -0.1) is 0 Å². The van der Waals surface area contributed by atoms with Crippen molar-refractivity contribution in [1.29, 1.82) is 0 Å². The third-order valence-corrected chi connectivity index (χ3v) is 5.54. The number of nitrogens with two attached hydrogens (primary N) is 1. The zero-order valence-electron chi connectivity index (χ0n) is 17.5. The Hall–Kier alpha value is -2.81. The van der Waals surface area contributed by atoms with Crippen molar-refractivity contribution >= 4 is 5.91 Å². The second-order valence-electron chi connectivity index (χ2n) is 8.50. The molecule has 1 amide bonds. The molecule has 3 heteroatoms. The van der Waals surface area contributed by atoms with Gasteiger partial charge in [-0.3, -0.25) is 4.79 Å². The zero-order valence-corrected chi connectivity index (χ0v) is 17.5. The summed E-state index contributed by atoms with van der Waals surface area (Å²) in [7, 11) is 0. The molecule has 0 aliphatic rings. The lowest BCUT2D eigenvalue weighted by Crippen LogP contribution is -2.14. The second-order valence-corrected chi connectivity index (χ2v) is 8.50. The fraction of sp³-hybridized carbons (Fsp3) is 0.320. The molecule has 0 radical (unpaired) electrons. The topological polar surface area (TPSA) is 48.0 Å². The molecular formula is C25H30N2O. The first-order valence-electron chi connectivity index (χ1n) is 9.84. The number of aryl methyl sites for hydroxylation is 1. The number of benzene rings is 2. The van der Waals surface area contributed by atoms with Crippen molar-refractivity contribution in [1.82, 2.24) is 4.57 Å². The number of carbonyl (C=O) groups excluding carboxylic acids is 1. The Balaban J connectivity index is 2.02. The lowest BCUT2D eigenvalue weighted by molar-refractivity contribution is 0.1000. The van der Waals surface area contributed by atoms with Crippen LogP contribution in [-0.2, 0) is 18.4 Å². The third-order valence-electron chi connectivity index (χ3n) is 5.54. The second kappa shape index (κ2) is 7.67. The molecule has 0 spiro atoms. The molecule has 3 nitrogen and oxygen atoms in total. The number of hydrogen-bond acceptors (Lipinski definition) is 1. The highest BCUT2D eigenvalue weighted by molar-refractivity contribution is 6.02. The maximum absolute atomic E-state index is 12.3. The molecule has 0 atom stereocenters. The summed E-state index contributed by atoms with van der Waals surface area (Å²) >= 11 is 0. The predicted molar refractivity (Wildman–Crippen MR) is 117 cm³/mol. The van der Waals surface area contributed by atoms with Gasteiger partial charge in [0.2, 0.25) is 0 Å². The standard InChI is InChI=1S/C25H30N2O/c1-17-22(20-11-13-21(14-12-20)25(3,4)5)23(24(26)28)18(2)27(17)16-15-19-9-7-6-8-10-19/h6-14H,15-16H2,1-5H3,(H2,26,28). The summed E-state index contributed by atoms with van der Waals surface area (Å²) < 4.78 is 2.22. The number of rotatable bonds is 5. The molecule has 2 N–H and O–H groups in total. The van der Waals surface area contributed by atoms with Gasteiger partial charge in [0.1, 0.15) is 0 Å². The van der Waals surface area contributed by atoms with Gasteiger partial charge in [0, 0.05) is 23.5 Å². The van der Waals surface area contributed by atoms with Crippen LogP contribution in [0.1, 0.15) is 53.6 Å². The van der Waals surface area contributed by atoms with Gasteiger partial charge in [-0.05, 0) is 42.4 Å². The molecule has 0 aliphatic heterocycles. The van der Waals surface area contributed by atoms with Crippen molar-refractivity contribution in [3.8, 4) is 11.1 Å². The molecule has 1 heterocycles. The smallest absolute Gasteiger partial charge is 0.251 e. The van der Waals surface area contributed by atoms with Crippen LogP contribution >= 0.6 is 0 Å². The minimum atomic E-state index is -0.367. The van der Waals surface area contributed by atoms with Crippen LogP contribution in [0.3, 0.4) is 0 Å². The summed E-state index contributed by atoms with van der Waals surface area (Å²) in [5, 5.41) is 0. The minimum absolute atomic E-state index is 0.0949. The van der Waals surface area contributed by atoms with Gasteiger partial charge in [-0.25, -0.2) is 0 Å². The molecule has 1 aromatic heterocycles. The van der Waals surface area contributed by atoms with E-state index in [4.69, 9.17) is 5.73 Å². The van der Waals surface area contributed by atoms with E-state index in [1.54, 1.807) is 0 Å². The van der Waals surface area contributed by atoms with Crippen LogP contribution in [0.15, 0.2) is 54.6 Å². The molecular weight excluding hydrogens is 344 g/mol. The molecule has 0 fully saturated rings. The quantitative estimate of drug-likeness (QED) is 0.637. The molecule has 0 bridgehead atoms. The van der Waals surface area contributed by atoms with Crippen LogP contribution in [-0.4, -0.2) is 10.5 Å². The first-order chi connectivity index (χ1) is 13.2. The number of nitrogens with zero attached hydrogens (tertiary/aromatic N) is 1. The van der Waals surface area contributed by atoms with Gasteiger partial charge >= 0.3 is 0 Å². The van der Waals surface area contributed by atoms with E-state index >= 15 is 0 Å². The summed E-state index contributed by atoms with van der Waals surface area (Å²) in [6.45, 7) is 11.5. The van der Waals surface area contributed by atoms with E-state index in [0.29, 0.717) is 5.56 Å². The maximum atomic E-state index is 12.3. The Morgan fingerprint density at radius 2 is 1.54 bits per heavy atom. The van der Waals surface area contributed by atoms with E-state index in [-0.39, 0.29) is 11.3 Å². The van der Waals surface area contributed by atoms with Crippen LogP contribution in [0.5, 0.6) is 0 Å². The summed E-state index contributed by atoms with van der Waals surface area (Å²) in [6, 6.07) is 18.9.